The van der Waals surface area contributed by atoms with Crippen molar-refractivity contribution in [3.8, 4) is 11.7 Å². The van der Waals surface area contributed by atoms with Gasteiger partial charge in [-0.2, -0.15) is 0 Å². The Kier molecular flexibility index (Phi) is 2.58. The standard InChI is InChI=1S/C11H13N5O2/c1-2-7-15-16-11(18-7)9-13-6-4-3-5-12-10(17)8(6)14-9/h2-5H2,1H3,(H,12,17)(H,13,14). The van der Waals surface area contributed by atoms with E-state index in [1.807, 2.05) is 6.92 Å². The lowest BCUT2D eigenvalue weighted by molar-refractivity contribution is 0.0951. The molecule has 0 aromatic carbocycles. The molecule has 18 heavy (non-hydrogen) atoms. The van der Waals surface area contributed by atoms with Crippen LogP contribution >= 0.6 is 0 Å². The lowest BCUT2D eigenvalue weighted by atomic mass is 10.2. The Labute approximate surface area is 103 Å². The monoisotopic (exact) mass is 247 g/mol. The summed E-state index contributed by atoms with van der Waals surface area (Å²) in [5.41, 5.74) is 1.26. The number of H-pyrrole nitrogens is 1. The number of aryl methyl sites for hydroxylation is 2. The van der Waals surface area contributed by atoms with Gasteiger partial charge in [0.2, 0.25) is 5.89 Å². The van der Waals surface area contributed by atoms with Crippen molar-refractivity contribution in [1.29, 1.82) is 0 Å². The number of hydrogen-bond acceptors (Lipinski definition) is 5. The fraction of sp³-hybridized carbons (Fsp3) is 0.455. The number of amides is 1. The predicted molar refractivity (Wildman–Crippen MR) is 61.9 cm³/mol. The fourth-order valence-electron chi connectivity index (χ4n) is 1.92. The van der Waals surface area contributed by atoms with Crippen molar-refractivity contribution in [2.45, 2.75) is 26.2 Å². The summed E-state index contributed by atoms with van der Waals surface area (Å²) in [4.78, 5) is 19.1. The Balaban J connectivity index is 1.99. The van der Waals surface area contributed by atoms with Crippen LogP contribution in [-0.4, -0.2) is 32.6 Å². The summed E-state index contributed by atoms with van der Waals surface area (Å²) in [6.07, 6.45) is 2.36. The van der Waals surface area contributed by atoms with Crippen LogP contribution in [0.5, 0.6) is 0 Å². The molecule has 0 bridgehead atoms. The highest BCUT2D eigenvalue weighted by molar-refractivity contribution is 5.94. The van der Waals surface area contributed by atoms with Crippen LogP contribution in [0.15, 0.2) is 4.42 Å². The maximum absolute atomic E-state index is 11.8. The highest BCUT2D eigenvalue weighted by Crippen LogP contribution is 2.19. The molecule has 2 aromatic rings. The molecule has 1 amide bonds. The second-order valence-corrected chi connectivity index (χ2v) is 4.13. The summed E-state index contributed by atoms with van der Waals surface area (Å²) in [5, 5.41) is 10.6. The number of nitrogens with zero attached hydrogens (tertiary/aromatic N) is 3. The third-order valence-electron chi connectivity index (χ3n) is 2.85. The van der Waals surface area contributed by atoms with Crippen LogP contribution in [0.2, 0.25) is 0 Å². The molecule has 1 aliphatic rings. The average molecular weight is 247 g/mol. The Morgan fingerprint density at radius 3 is 3.06 bits per heavy atom. The number of aromatic amines is 1. The topological polar surface area (TPSA) is 96.7 Å². The third kappa shape index (κ3) is 1.77. The highest BCUT2D eigenvalue weighted by atomic mass is 16.4. The van der Waals surface area contributed by atoms with Crippen LogP contribution in [0, 0.1) is 0 Å². The van der Waals surface area contributed by atoms with E-state index in [0.29, 0.717) is 36.3 Å². The minimum Gasteiger partial charge on any atom is -0.418 e. The number of aromatic nitrogens is 4. The van der Waals surface area contributed by atoms with E-state index < -0.39 is 0 Å². The maximum Gasteiger partial charge on any atom is 0.283 e. The summed E-state index contributed by atoms with van der Waals surface area (Å²) in [6, 6.07) is 0. The SMILES string of the molecule is CCc1nnc(-c2nc3c([nH]2)CCCNC3=O)o1. The Morgan fingerprint density at radius 1 is 1.39 bits per heavy atom. The van der Waals surface area contributed by atoms with Crippen LogP contribution in [-0.2, 0) is 12.8 Å². The van der Waals surface area contributed by atoms with E-state index in [9.17, 15) is 4.79 Å². The van der Waals surface area contributed by atoms with Crippen LogP contribution in [0.3, 0.4) is 0 Å². The smallest absolute Gasteiger partial charge is 0.283 e. The summed E-state index contributed by atoms with van der Waals surface area (Å²) in [6.45, 7) is 2.61. The van der Waals surface area contributed by atoms with E-state index in [4.69, 9.17) is 4.42 Å². The first-order chi connectivity index (χ1) is 8.78. The molecule has 0 fully saturated rings. The molecule has 0 saturated heterocycles. The van der Waals surface area contributed by atoms with Gasteiger partial charge < -0.3 is 14.7 Å². The van der Waals surface area contributed by atoms with Crippen molar-refractivity contribution in [2.75, 3.05) is 6.54 Å². The lowest BCUT2D eigenvalue weighted by Gasteiger charge is -1.95. The predicted octanol–water partition coefficient (Wildman–Crippen LogP) is 0.698. The average Bonchev–Trinajstić information content (AvgIpc) is 2.97. The number of hydrogen-bond donors (Lipinski definition) is 2. The van der Waals surface area contributed by atoms with Gasteiger partial charge in [-0.3, -0.25) is 4.79 Å². The first-order valence-corrected chi connectivity index (χ1v) is 5.97. The zero-order valence-electron chi connectivity index (χ0n) is 9.99. The van der Waals surface area contributed by atoms with E-state index in [-0.39, 0.29) is 5.91 Å². The summed E-state index contributed by atoms with van der Waals surface area (Å²) >= 11 is 0. The van der Waals surface area contributed by atoms with Gasteiger partial charge in [-0.25, -0.2) is 4.98 Å². The maximum atomic E-state index is 11.8. The Morgan fingerprint density at radius 2 is 2.28 bits per heavy atom. The third-order valence-corrected chi connectivity index (χ3v) is 2.85. The van der Waals surface area contributed by atoms with Crippen molar-refractivity contribution >= 4 is 5.91 Å². The van der Waals surface area contributed by atoms with E-state index in [1.54, 1.807) is 0 Å². The van der Waals surface area contributed by atoms with E-state index >= 15 is 0 Å². The van der Waals surface area contributed by atoms with Crippen molar-refractivity contribution in [1.82, 2.24) is 25.5 Å². The molecule has 2 aromatic heterocycles. The normalized spacial score (nSPS) is 15.1. The van der Waals surface area contributed by atoms with Gasteiger partial charge in [0, 0.05) is 18.7 Å². The number of carbonyl (C=O) groups is 1. The number of carbonyl (C=O) groups excluding carboxylic acids is 1. The Hall–Kier alpha value is -2.18. The first-order valence-electron chi connectivity index (χ1n) is 5.97. The zero-order chi connectivity index (χ0) is 12.5. The van der Waals surface area contributed by atoms with E-state index in [1.165, 1.54) is 0 Å². The largest absolute Gasteiger partial charge is 0.418 e. The number of fused-ring (bicyclic) bond motifs is 1. The van der Waals surface area contributed by atoms with Gasteiger partial charge >= 0.3 is 0 Å². The molecule has 1 aliphatic heterocycles. The van der Waals surface area contributed by atoms with E-state index in [0.717, 1.165) is 18.5 Å². The number of rotatable bonds is 2. The molecular weight excluding hydrogens is 234 g/mol. The van der Waals surface area contributed by atoms with Gasteiger partial charge in [0.15, 0.2) is 5.82 Å². The van der Waals surface area contributed by atoms with Gasteiger partial charge in [0.1, 0.15) is 5.69 Å². The molecule has 0 spiro atoms. The van der Waals surface area contributed by atoms with Gasteiger partial charge in [0.25, 0.3) is 11.8 Å². The molecule has 7 nitrogen and oxygen atoms in total. The molecule has 3 heterocycles. The lowest BCUT2D eigenvalue weighted by Crippen LogP contribution is -2.23. The van der Waals surface area contributed by atoms with Crippen LogP contribution < -0.4 is 5.32 Å². The van der Waals surface area contributed by atoms with Gasteiger partial charge in [0.05, 0.1) is 0 Å². The van der Waals surface area contributed by atoms with Crippen molar-refractivity contribution in [2.24, 2.45) is 0 Å². The quantitative estimate of drug-likeness (QED) is 0.814. The number of imidazole rings is 1. The van der Waals surface area contributed by atoms with Crippen LogP contribution in [0.25, 0.3) is 11.7 Å². The molecule has 3 rings (SSSR count). The second kappa shape index (κ2) is 4.25. The van der Waals surface area contributed by atoms with Gasteiger partial charge in [-0.15, -0.1) is 10.2 Å². The minimum absolute atomic E-state index is 0.153. The van der Waals surface area contributed by atoms with Crippen molar-refractivity contribution in [3.05, 3.63) is 17.3 Å². The molecule has 0 saturated carbocycles. The molecular formula is C11H13N5O2. The number of nitrogens with one attached hydrogen (secondary N) is 2. The van der Waals surface area contributed by atoms with Crippen molar-refractivity contribution < 1.29 is 9.21 Å². The Bertz CT molecular complexity index is 586. The van der Waals surface area contributed by atoms with Crippen molar-refractivity contribution in [3.63, 3.8) is 0 Å². The molecule has 0 radical (unpaired) electrons. The second-order valence-electron chi connectivity index (χ2n) is 4.13. The fourth-order valence-corrected chi connectivity index (χ4v) is 1.92. The summed E-state index contributed by atoms with van der Waals surface area (Å²) in [7, 11) is 0. The van der Waals surface area contributed by atoms with Gasteiger partial charge in [-0.05, 0) is 12.8 Å². The molecule has 2 N–H and O–H groups in total. The summed E-state index contributed by atoms with van der Waals surface area (Å²) < 4.78 is 5.42. The van der Waals surface area contributed by atoms with E-state index in [2.05, 4.69) is 25.5 Å². The highest BCUT2D eigenvalue weighted by Gasteiger charge is 2.22. The minimum atomic E-state index is -0.153. The van der Waals surface area contributed by atoms with Crippen LogP contribution in [0.4, 0.5) is 0 Å². The molecule has 7 heteroatoms. The first kappa shape index (κ1) is 10.9. The molecule has 94 valence electrons. The summed E-state index contributed by atoms with van der Waals surface area (Å²) in [5.74, 6) is 1.19. The zero-order valence-corrected chi connectivity index (χ0v) is 9.99. The van der Waals surface area contributed by atoms with Crippen LogP contribution in [0.1, 0.15) is 35.4 Å². The molecule has 0 unspecified atom stereocenters. The molecule has 0 aliphatic carbocycles. The van der Waals surface area contributed by atoms with Gasteiger partial charge in [-0.1, -0.05) is 6.92 Å². The molecule has 0 atom stereocenters.